The van der Waals surface area contributed by atoms with Gasteiger partial charge in [0.1, 0.15) is 10.6 Å². The number of anilines is 1. The van der Waals surface area contributed by atoms with Crippen molar-refractivity contribution in [2.45, 2.75) is 51.0 Å². The van der Waals surface area contributed by atoms with Gasteiger partial charge in [-0.1, -0.05) is 0 Å². The van der Waals surface area contributed by atoms with Crippen molar-refractivity contribution in [1.29, 1.82) is 0 Å². The first-order chi connectivity index (χ1) is 18.4. The minimum atomic E-state index is -4.21. The van der Waals surface area contributed by atoms with Crippen LogP contribution in [0.4, 0.5) is 19.6 Å². The van der Waals surface area contributed by atoms with Crippen LogP contribution in [0, 0.1) is 0 Å². The number of oxazole rings is 1. The first-order valence-corrected chi connectivity index (χ1v) is 13.3. The fraction of sp³-hybridized carbons (Fsp3) is 0.520. The van der Waals surface area contributed by atoms with Crippen molar-refractivity contribution in [3.8, 4) is 16.3 Å². The molecule has 2 amide bonds. The van der Waals surface area contributed by atoms with E-state index in [0.717, 1.165) is 13.5 Å². The molecule has 14 heteroatoms. The molecule has 2 unspecified atom stereocenters. The topological polar surface area (TPSA) is 121 Å². The van der Waals surface area contributed by atoms with E-state index in [-0.39, 0.29) is 47.6 Å². The summed E-state index contributed by atoms with van der Waals surface area (Å²) in [5.74, 6) is -1.94. The summed E-state index contributed by atoms with van der Waals surface area (Å²) in [6.07, 6.45) is -2.16. The van der Waals surface area contributed by atoms with Gasteiger partial charge in [-0.2, -0.15) is 13.8 Å². The van der Waals surface area contributed by atoms with Crippen molar-refractivity contribution < 1.29 is 37.4 Å². The Balaban J connectivity index is 1.44. The van der Waals surface area contributed by atoms with Gasteiger partial charge in [0.25, 0.3) is 6.01 Å². The number of aromatic nitrogens is 2. The summed E-state index contributed by atoms with van der Waals surface area (Å²) in [7, 11) is 1.15. The maximum Gasteiger partial charge on any atom is 0.482 e. The number of amides is 2. The SMILES string of the molecule is CN(CCO)C(=O)C(F)(F)Oc1ccc(-c2nccs2)c2oc(N3CC4CC(C3)N4C(=O)OC(C)(C)C)nc12. The molecule has 3 fully saturated rings. The molecule has 2 bridgehead atoms. The predicted octanol–water partition coefficient (Wildman–Crippen LogP) is 3.57. The number of hydrogen-bond acceptors (Lipinski definition) is 10. The van der Waals surface area contributed by atoms with Crippen molar-refractivity contribution in [3.63, 3.8) is 0 Å². The Morgan fingerprint density at radius 3 is 2.59 bits per heavy atom. The molecule has 0 radical (unpaired) electrons. The number of thiazole rings is 1. The lowest BCUT2D eigenvalue weighted by Gasteiger charge is -2.55. The molecule has 2 aromatic heterocycles. The summed E-state index contributed by atoms with van der Waals surface area (Å²) in [6.45, 7) is 5.53. The van der Waals surface area contributed by atoms with Gasteiger partial charge >= 0.3 is 18.1 Å². The molecule has 5 heterocycles. The van der Waals surface area contributed by atoms with Crippen LogP contribution >= 0.6 is 11.3 Å². The Hall–Kier alpha value is -3.52. The van der Waals surface area contributed by atoms with Crippen LogP contribution in [0.5, 0.6) is 5.75 Å². The first kappa shape index (κ1) is 27.1. The number of nitrogens with zero attached hydrogens (tertiary/aromatic N) is 5. The number of carbonyl (C=O) groups excluding carboxylic acids is 2. The lowest BCUT2D eigenvalue weighted by molar-refractivity contribution is -0.202. The predicted molar refractivity (Wildman–Crippen MR) is 138 cm³/mol. The number of aliphatic hydroxyl groups is 1. The fourth-order valence-electron chi connectivity index (χ4n) is 4.75. The van der Waals surface area contributed by atoms with E-state index in [1.165, 1.54) is 23.5 Å². The fourth-order valence-corrected chi connectivity index (χ4v) is 5.41. The number of ether oxygens (including phenoxy) is 2. The molecule has 2 atom stereocenters. The van der Waals surface area contributed by atoms with Crippen LogP contribution in [0.25, 0.3) is 21.7 Å². The molecule has 6 rings (SSSR count). The van der Waals surface area contributed by atoms with Gasteiger partial charge in [0.15, 0.2) is 16.8 Å². The van der Waals surface area contributed by atoms with Gasteiger partial charge in [-0.3, -0.25) is 9.69 Å². The number of fused-ring (bicyclic) bond motifs is 3. The van der Waals surface area contributed by atoms with Gasteiger partial charge in [0.2, 0.25) is 0 Å². The molecule has 3 aliphatic heterocycles. The molecular formula is C25H29F2N5O6S. The number of aliphatic hydroxyl groups excluding tert-OH is 1. The zero-order valence-electron chi connectivity index (χ0n) is 21.9. The second-order valence-corrected chi connectivity index (χ2v) is 11.4. The highest BCUT2D eigenvalue weighted by Gasteiger charge is 2.50. The van der Waals surface area contributed by atoms with Crippen molar-refractivity contribution in [1.82, 2.24) is 19.8 Å². The van der Waals surface area contributed by atoms with Crippen molar-refractivity contribution in [2.75, 3.05) is 38.2 Å². The molecule has 3 aromatic rings. The van der Waals surface area contributed by atoms with Crippen molar-refractivity contribution in [3.05, 3.63) is 23.7 Å². The largest absolute Gasteiger partial charge is 0.482 e. The zero-order valence-corrected chi connectivity index (χ0v) is 22.7. The van der Waals surface area contributed by atoms with E-state index in [1.54, 1.807) is 16.5 Å². The van der Waals surface area contributed by atoms with E-state index in [1.807, 2.05) is 25.7 Å². The Labute approximate surface area is 226 Å². The number of halogens is 2. The van der Waals surface area contributed by atoms with E-state index < -0.39 is 24.2 Å². The van der Waals surface area contributed by atoms with Gasteiger partial charge in [0, 0.05) is 38.3 Å². The molecule has 1 N–H and O–H groups in total. The summed E-state index contributed by atoms with van der Waals surface area (Å²) in [4.78, 5) is 37.9. The van der Waals surface area contributed by atoms with E-state index in [9.17, 15) is 18.4 Å². The molecule has 3 aliphatic rings. The highest BCUT2D eigenvalue weighted by atomic mass is 32.1. The number of rotatable bonds is 7. The quantitative estimate of drug-likeness (QED) is 0.458. The smallest absolute Gasteiger partial charge is 0.444 e. The number of likely N-dealkylation sites (N-methyl/N-ethyl adjacent to an activating group) is 1. The molecule has 0 aliphatic carbocycles. The summed E-state index contributed by atoms with van der Waals surface area (Å²) < 4.78 is 46.2. The second kappa shape index (κ2) is 9.90. The molecule has 1 aromatic carbocycles. The number of carbonyl (C=O) groups is 2. The van der Waals surface area contributed by atoms with Crippen molar-refractivity contribution in [2.24, 2.45) is 0 Å². The molecule has 0 spiro atoms. The molecular weight excluding hydrogens is 536 g/mol. The number of piperazine rings is 1. The second-order valence-electron chi connectivity index (χ2n) is 10.5. The first-order valence-electron chi connectivity index (χ1n) is 12.4. The van der Waals surface area contributed by atoms with Gasteiger partial charge in [-0.05, 0) is 39.3 Å². The van der Waals surface area contributed by atoms with Crippen LogP contribution in [-0.2, 0) is 9.53 Å². The zero-order chi connectivity index (χ0) is 28.1. The van der Waals surface area contributed by atoms with Gasteiger partial charge in [-0.25, -0.2) is 9.78 Å². The van der Waals surface area contributed by atoms with E-state index >= 15 is 0 Å². The lowest BCUT2D eigenvalue weighted by atomic mass is 9.88. The third-order valence-corrected chi connectivity index (χ3v) is 7.30. The Kier molecular flexibility index (Phi) is 6.87. The Morgan fingerprint density at radius 2 is 1.97 bits per heavy atom. The van der Waals surface area contributed by atoms with E-state index in [0.29, 0.717) is 28.6 Å². The number of alkyl halides is 2. The Bertz CT molecular complexity index is 1360. The van der Waals surface area contributed by atoms with Gasteiger partial charge in [0.05, 0.1) is 24.3 Å². The molecule has 0 saturated carbocycles. The maximum atomic E-state index is 14.8. The number of benzene rings is 1. The molecule has 39 heavy (non-hydrogen) atoms. The van der Waals surface area contributed by atoms with Crippen LogP contribution < -0.4 is 9.64 Å². The van der Waals surface area contributed by atoms with Gasteiger partial charge < -0.3 is 28.8 Å². The summed E-state index contributed by atoms with van der Waals surface area (Å²) >= 11 is 1.34. The van der Waals surface area contributed by atoms with Crippen LogP contribution in [0.2, 0.25) is 0 Å². The number of hydrogen-bond donors (Lipinski definition) is 1. The van der Waals surface area contributed by atoms with E-state index in [2.05, 4.69) is 9.97 Å². The molecule has 3 saturated heterocycles. The van der Waals surface area contributed by atoms with Crippen LogP contribution in [0.15, 0.2) is 28.1 Å². The maximum absolute atomic E-state index is 14.8. The standard InChI is InChI=1S/C25H29F2N5O6S/c1-24(2,3)38-23(35)32-14-11-15(32)13-31(12-14)22-29-18-17(37-25(26,27)21(34)30(4)8-9-33)6-5-16(19(18)36-22)20-28-7-10-39-20/h5-7,10,14-15,33H,8-9,11-13H2,1-4H3. The van der Waals surface area contributed by atoms with Crippen molar-refractivity contribution >= 4 is 40.5 Å². The highest BCUT2D eigenvalue weighted by molar-refractivity contribution is 7.13. The monoisotopic (exact) mass is 565 g/mol. The van der Waals surface area contributed by atoms with Crippen LogP contribution in [0.1, 0.15) is 27.2 Å². The number of piperidine rings is 1. The normalized spacial score (nSPS) is 19.2. The molecule has 11 nitrogen and oxygen atoms in total. The summed E-state index contributed by atoms with van der Waals surface area (Å²) in [5, 5.41) is 11.4. The van der Waals surface area contributed by atoms with Crippen LogP contribution in [0.3, 0.4) is 0 Å². The van der Waals surface area contributed by atoms with Crippen LogP contribution in [-0.4, -0.2) is 94.0 Å². The third kappa shape index (κ3) is 5.22. The summed E-state index contributed by atoms with van der Waals surface area (Å²) in [5.41, 5.74) is 0.126. The Morgan fingerprint density at radius 1 is 1.26 bits per heavy atom. The average Bonchev–Trinajstić information content (AvgIpc) is 3.53. The summed E-state index contributed by atoms with van der Waals surface area (Å²) in [6, 6.07) is 2.81. The van der Waals surface area contributed by atoms with Gasteiger partial charge in [-0.15, -0.1) is 11.3 Å². The minimum absolute atomic E-state index is 0.0123. The minimum Gasteiger partial charge on any atom is -0.444 e. The molecule has 210 valence electrons. The highest BCUT2D eigenvalue weighted by Crippen LogP contribution is 2.41. The van der Waals surface area contributed by atoms with E-state index in [4.69, 9.17) is 19.0 Å². The third-order valence-electron chi connectivity index (χ3n) is 6.50. The average molecular weight is 566 g/mol. The lowest BCUT2D eigenvalue weighted by Crippen LogP contribution is -2.70.